The molecule has 1 aromatic carbocycles. The Morgan fingerprint density at radius 1 is 1.50 bits per heavy atom. The van der Waals surface area contributed by atoms with E-state index in [0.717, 1.165) is 24.0 Å². The largest absolute Gasteiger partial charge is 0.369 e. The first kappa shape index (κ1) is 12.0. The van der Waals surface area contributed by atoms with Crippen molar-refractivity contribution in [1.29, 1.82) is 0 Å². The number of rotatable bonds is 3. The van der Waals surface area contributed by atoms with Crippen molar-refractivity contribution in [2.75, 3.05) is 5.73 Å². The molecule has 0 aliphatic heterocycles. The van der Waals surface area contributed by atoms with Gasteiger partial charge in [0.2, 0.25) is 5.95 Å². The van der Waals surface area contributed by atoms with Gasteiger partial charge in [0.25, 0.3) is 0 Å². The van der Waals surface area contributed by atoms with Crippen LogP contribution in [0.4, 0.5) is 10.3 Å². The molecule has 1 saturated carbocycles. The second-order valence-electron chi connectivity index (χ2n) is 5.16. The van der Waals surface area contributed by atoms with Crippen molar-refractivity contribution >= 4 is 32.9 Å². The summed E-state index contributed by atoms with van der Waals surface area (Å²) in [5, 5.41) is 0. The summed E-state index contributed by atoms with van der Waals surface area (Å²) < 4.78 is 16.0. The summed E-state index contributed by atoms with van der Waals surface area (Å²) in [7, 11) is 0. The highest BCUT2D eigenvalue weighted by Gasteiger charge is 2.41. The lowest BCUT2D eigenvalue weighted by molar-refractivity contribution is 0.418. The predicted molar refractivity (Wildman–Crippen MR) is 73.8 cm³/mol. The molecule has 0 amide bonds. The molecule has 1 fully saturated rings. The van der Waals surface area contributed by atoms with E-state index in [9.17, 15) is 4.39 Å². The van der Waals surface area contributed by atoms with Gasteiger partial charge in [0.1, 0.15) is 5.82 Å². The zero-order valence-corrected chi connectivity index (χ0v) is 11.8. The highest BCUT2D eigenvalue weighted by atomic mass is 79.9. The van der Waals surface area contributed by atoms with Crippen LogP contribution in [0.25, 0.3) is 11.0 Å². The van der Waals surface area contributed by atoms with E-state index in [0.29, 0.717) is 15.8 Å². The first-order chi connectivity index (χ1) is 8.54. The van der Waals surface area contributed by atoms with E-state index in [1.165, 1.54) is 18.9 Å². The van der Waals surface area contributed by atoms with Gasteiger partial charge in [-0.15, -0.1) is 0 Å². The van der Waals surface area contributed by atoms with Crippen molar-refractivity contribution in [3.05, 3.63) is 22.4 Å². The molecule has 3 nitrogen and oxygen atoms in total. The van der Waals surface area contributed by atoms with E-state index >= 15 is 0 Å². The Bertz CT molecular complexity index is 616. The highest BCUT2D eigenvalue weighted by Crippen LogP contribution is 2.50. The molecule has 5 heteroatoms. The van der Waals surface area contributed by atoms with Crippen LogP contribution in [0.1, 0.15) is 26.2 Å². The monoisotopic (exact) mass is 311 g/mol. The van der Waals surface area contributed by atoms with Crippen molar-refractivity contribution in [2.24, 2.45) is 5.41 Å². The normalized spacial score (nSPS) is 17.3. The minimum atomic E-state index is -0.273. The van der Waals surface area contributed by atoms with Crippen molar-refractivity contribution in [1.82, 2.24) is 9.55 Å². The molecule has 18 heavy (non-hydrogen) atoms. The third-order valence-corrected chi connectivity index (χ3v) is 4.63. The first-order valence-electron chi connectivity index (χ1n) is 6.15. The molecule has 2 aromatic rings. The maximum atomic E-state index is 13.6. The Kier molecular flexibility index (Phi) is 2.62. The van der Waals surface area contributed by atoms with E-state index < -0.39 is 0 Å². The van der Waals surface area contributed by atoms with Crippen LogP contribution in [0.15, 0.2) is 16.6 Å². The van der Waals surface area contributed by atoms with Gasteiger partial charge in [0.05, 0.1) is 15.5 Å². The fourth-order valence-corrected chi connectivity index (χ4v) is 2.77. The topological polar surface area (TPSA) is 43.8 Å². The number of nitrogen functional groups attached to an aromatic ring is 1. The lowest BCUT2D eigenvalue weighted by Crippen LogP contribution is -2.13. The Morgan fingerprint density at radius 2 is 2.22 bits per heavy atom. The van der Waals surface area contributed by atoms with Gasteiger partial charge in [-0.05, 0) is 46.7 Å². The van der Waals surface area contributed by atoms with Crippen molar-refractivity contribution in [3.8, 4) is 0 Å². The molecule has 0 bridgehead atoms. The standard InChI is InChI=1S/C13H15BrFN3/c1-2-13(3-4-13)7-18-11-6-9(15)8(14)5-10(11)17-12(18)16/h5-6H,2-4,7H2,1H3,(H2,16,17). The minimum absolute atomic E-state index is 0.273. The Hall–Kier alpha value is -1.10. The van der Waals surface area contributed by atoms with Gasteiger partial charge in [-0.25, -0.2) is 9.37 Å². The average Bonchev–Trinajstić information content (AvgIpc) is 3.05. The Balaban J connectivity index is 2.10. The molecule has 0 unspecified atom stereocenters. The van der Waals surface area contributed by atoms with E-state index in [4.69, 9.17) is 5.73 Å². The number of aromatic nitrogens is 2. The number of fused-ring (bicyclic) bond motifs is 1. The van der Waals surface area contributed by atoms with Gasteiger partial charge in [-0.3, -0.25) is 0 Å². The van der Waals surface area contributed by atoms with Crippen molar-refractivity contribution in [3.63, 3.8) is 0 Å². The third kappa shape index (κ3) is 1.81. The summed E-state index contributed by atoms with van der Waals surface area (Å²) in [6, 6.07) is 3.19. The molecule has 96 valence electrons. The summed E-state index contributed by atoms with van der Waals surface area (Å²) in [5.41, 5.74) is 7.84. The number of hydrogen-bond donors (Lipinski definition) is 1. The smallest absolute Gasteiger partial charge is 0.201 e. The fraction of sp³-hybridized carbons (Fsp3) is 0.462. The van der Waals surface area contributed by atoms with Gasteiger partial charge in [0, 0.05) is 12.6 Å². The molecule has 3 rings (SSSR count). The zero-order valence-electron chi connectivity index (χ0n) is 10.2. The SMILES string of the molecule is CCC1(Cn2c(N)nc3cc(Br)c(F)cc32)CC1. The maximum Gasteiger partial charge on any atom is 0.201 e. The molecule has 1 aromatic heterocycles. The van der Waals surface area contributed by atoms with Crippen LogP contribution < -0.4 is 5.73 Å². The van der Waals surface area contributed by atoms with E-state index in [-0.39, 0.29) is 5.82 Å². The van der Waals surface area contributed by atoms with Gasteiger partial charge in [-0.1, -0.05) is 6.92 Å². The summed E-state index contributed by atoms with van der Waals surface area (Å²) in [6.07, 6.45) is 3.58. The second kappa shape index (κ2) is 3.95. The number of benzene rings is 1. The van der Waals surface area contributed by atoms with Gasteiger partial charge in [-0.2, -0.15) is 0 Å². The lowest BCUT2D eigenvalue weighted by Gasteiger charge is -2.15. The van der Waals surface area contributed by atoms with Crippen LogP contribution in [0.3, 0.4) is 0 Å². The van der Waals surface area contributed by atoms with Crippen molar-refractivity contribution < 1.29 is 4.39 Å². The first-order valence-corrected chi connectivity index (χ1v) is 6.95. The molecule has 1 aliphatic rings. The Morgan fingerprint density at radius 3 is 2.83 bits per heavy atom. The number of nitrogens with zero attached hydrogens (tertiary/aromatic N) is 2. The Labute approximate surface area is 113 Å². The summed E-state index contributed by atoms with van der Waals surface area (Å²) >= 11 is 3.17. The molecule has 0 atom stereocenters. The fourth-order valence-electron chi connectivity index (χ4n) is 2.44. The van der Waals surface area contributed by atoms with Gasteiger partial charge < -0.3 is 10.3 Å². The molecule has 1 heterocycles. The molecule has 0 spiro atoms. The number of halogens is 2. The molecule has 0 saturated heterocycles. The number of hydrogen-bond acceptors (Lipinski definition) is 2. The summed E-state index contributed by atoms with van der Waals surface area (Å²) in [5.74, 6) is 0.201. The molecular formula is C13H15BrFN3. The summed E-state index contributed by atoms with van der Waals surface area (Å²) in [6.45, 7) is 3.03. The quantitative estimate of drug-likeness (QED) is 0.939. The molecule has 1 aliphatic carbocycles. The maximum absolute atomic E-state index is 13.6. The van der Waals surface area contributed by atoms with Gasteiger partial charge >= 0.3 is 0 Å². The van der Waals surface area contributed by atoms with E-state index in [1.54, 1.807) is 6.07 Å². The molecular weight excluding hydrogens is 297 g/mol. The number of imidazole rings is 1. The van der Waals surface area contributed by atoms with Crippen LogP contribution in [0.5, 0.6) is 0 Å². The second-order valence-corrected chi connectivity index (χ2v) is 6.02. The summed E-state index contributed by atoms with van der Waals surface area (Å²) in [4.78, 5) is 4.31. The van der Waals surface area contributed by atoms with Crippen LogP contribution in [0, 0.1) is 11.2 Å². The minimum Gasteiger partial charge on any atom is -0.369 e. The van der Waals surface area contributed by atoms with E-state index in [1.807, 2.05) is 4.57 Å². The lowest BCUT2D eigenvalue weighted by atomic mass is 10.0. The molecule has 2 N–H and O–H groups in total. The number of nitrogens with two attached hydrogens (primary N) is 1. The zero-order chi connectivity index (χ0) is 12.9. The van der Waals surface area contributed by atoms with Crippen LogP contribution in [-0.4, -0.2) is 9.55 Å². The predicted octanol–water partition coefficient (Wildman–Crippen LogP) is 3.71. The van der Waals surface area contributed by atoms with Crippen LogP contribution in [0.2, 0.25) is 0 Å². The third-order valence-electron chi connectivity index (χ3n) is 4.02. The van der Waals surface area contributed by atoms with Crippen LogP contribution in [-0.2, 0) is 6.54 Å². The highest BCUT2D eigenvalue weighted by molar-refractivity contribution is 9.10. The molecule has 0 radical (unpaired) electrons. The number of anilines is 1. The average molecular weight is 312 g/mol. The van der Waals surface area contributed by atoms with Gasteiger partial charge in [0.15, 0.2) is 0 Å². The van der Waals surface area contributed by atoms with E-state index in [2.05, 4.69) is 27.8 Å². The van der Waals surface area contributed by atoms with Crippen LogP contribution >= 0.6 is 15.9 Å². The van der Waals surface area contributed by atoms with Crippen molar-refractivity contribution in [2.45, 2.75) is 32.7 Å².